The van der Waals surface area contributed by atoms with Crippen LogP contribution in [-0.4, -0.2) is 24.5 Å². The first-order valence-electron chi connectivity index (χ1n) is 8.13. The van der Waals surface area contributed by atoms with Crippen LogP contribution in [0.2, 0.25) is 0 Å². The first-order chi connectivity index (χ1) is 11.6. The van der Waals surface area contributed by atoms with Crippen molar-refractivity contribution >= 4 is 5.91 Å². The van der Waals surface area contributed by atoms with E-state index < -0.39 is 0 Å². The van der Waals surface area contributed by atoms with Crippen LogP contribution in [0.25, 0.3) is 0 Å². The van der Waals surface area contributed by atoms with E-state index in [4.69, 9.17) is 9.15 Å². The van der Waals surface area contributed by atoms with Crippen molar-refractivity contribution in [2.45, 2.75) is 38.5 Å². The van der Waals surface area contributed by atoms with Gasteiger partial charge in [0.1, 0.15) is 23.9 Å². The molecule has 0 aliphatic carbocycles. The summed E-state index contributed by atoms with van der Waals surface area (Å²) in [4.78, 5) is 12.3. The number of hydrogen-bond acceptors (Lipinski definition) is 4. The van der Waals surface area contributed by atoms with Crippen molar-refractivity contribution in [3.63, 3.8) is 0 Å². The molecule has 0 bridgehead atoms. The Morgan fingerprint density at radius 2 is 2.12 bits per heavy atom. The Balaban J connectivity index is 1.54. The first-order valence-corrected chi connectivity index (χ1v) is 8.13. The summed E-state index contributed by atoms with van der Waals surface area (Å²) in [5.41, 5.74) is 0. The van der Waals surface area contributed by atoms with E-state index in [1.165, 1.54) is 12.1 Å². The van der Waals surface area contributed by atoms with E-state index in [9.17, 15) is 9.18 Å². The number of carbonyl (C=O) groups is 1. The second-order valence-electron chi connectivity index (χ2n) is 5.97. The Bertz CT molecular complexity index is 684. The predicted molar refractivity (Wildman–Crippen MR) is 87.4 cm³/mol. The number of halogens is 1. The lowest BCUT2D eigenvalue weighted by molar-refractivity contribution is 0.0887. The highest BCUT2D eigenvalue weighted by Crippen LogP contribution is 2.16. The van der Waals surface area contributed by atoms with Gasteiger partial charge in [0.05, 0.1) is 0 Å². The largest absolute Gasteiger partial charge is 0.486 e. The highest BCUT2D eigenvalue weighted by molar-refractivity contribution is 5.91. The fraction of sp³-hybridized carbons (Fsp3) is 0.389. The van der Waals surface area contributed by atoms with Gasteiger partial charge >= 0.3 is 0 Å². The molecule has 2 unspecified atom stereocenters. The molecule has 2 aromatic rings. The standard InChI is InChI=1S/C18H21FN2O3/c1-12-16(3-2-10-20-12)21-18(22)17-9-8-15(24-17)11-23-14-6-4-13(19)5-7-14/h4-9,12,16,20H,2-3,10-11H2,1H3,(H,21,22). The second kappa shape index (κ2) is 7.49. The maximum absolute atomic E-state index is 12.8. The fourth-order valence-electron chi connectivity index (χ4n) is 2.74. The zero-order valence-electron chi connectivity index (χ0n) is 13.5. The van der Waals surface area contributed by atoms with Crippen LogP contribution in [0.4, 0.5) is 4.39 Å². The van der Waals surface area contributed by atoms with Crippen molar-refractivity contribution in [2.75, 3.05) is 6.54 Å². The van der Waals surface area contributed by atoms with Gasteiger partial charge in [0.15, 0.2) is 5.76 Å². The summed E-state index contributed by atoms with van der Waals surface area (Å²) in [7, 11) is 0. The molecule has 0 saturated carbocycles. The lowest BCUT2D eigenvalue weighted by atomic mass is 10.00. The van der Waals surface area contributed by atoms with E-state index in [1.807, 2.05) is 0 Å². The third-order valence-electron chi connectivity index (χ3n) is 4.16. The number of furan rings is 1. The number of benzene rings is 1. The molecule has 2 heterocycles. The van der Waals surface area contributed by atoms with Gasteiger partial charge < -0.3 is 19.8 Å². The average molecular weight is 332 g/mol. The third-order valence-corrected chi connectivity index (χ3v) is 4.16. The molecule has 24 heavy (non-hydrogen) atoms. The molecule has 0 spiro atoms. The molecule has 1 aliphatic heterocycles. The van der Waals surface area contributed by atoms with E-state index in [0.29, 0.717) is 11.5 Å². The molecule has 3 rings (SSSR count). The molecule has 5 nitrogen and oxygen atoms in total. The van der Waals surface area contributed by atoms with Crippen molar-refractivity contribution in [3.8, 4) is 5.75 Å². The SMILES string of the molecule is CC1NCCCC1NC(=O)c1ccc(COc2ccc(F)cc2)o1. The van der Waals surface area contributed by atoms with E-state index >= 15 is 0 Å². The van der Waals surface area contributed by atoms with Crippen molar-refractivity contribution < 1.29 is 18.3 Å². The number of nitrogens with one attached hydrogen (secondary N) is 2. The summed E-state index contributed by atoms with van der Waals surface area (Å²) in [5.74, 6) is 0.819. The Morgan fingerprint density at radius 3 is 2.88 bits per heavy atom. The number of hydrogen-bond donors (Lipinski definition) is 2. The van der Waals surface area contributed by atoms with Crippen molar-refractivity contribution in [2.24, 2.45) is 0 Å². The quantitative estimate of drug-likeness (QED) is 0.884. The summed E-state index contributed by atoms with van der Waals surface area (Å²) in [6, 6.07) is 9.45. The van der Waals surface area contributed by atoms with Crippen LogP contribution in [0.3, 0.4) is 0 Å². The molecular formula is C18H21FN2O3. The number of rotatable bonds is 5. The summed E-state index contributed by atoms with van der Waals surface area (Å²) in [6.07, 6.45) is 2.01. The Morgan fingerprint density at radius 1 is 1.33 bits per heavy atom. The van der Waals surface area contributed by atoms with Gasteiger partial charge in [0, 0.05) is 12.1 Å². The minimum Gasteiger partial charge on any atom is -0.486 e. The molecule has 6 heteroatoms. The summed E-state index contributed by atoms with van der Waals surface area (Å²) >= 11 is 0. The van der Waals surface area contributed by atoms with Gasteiger partial charge in [-0.3, -0.25) is 4.79 Å². The smallest absolute Gasteiger partial charge is 0.287 e. The Labute approximate surface area is 140 Å². The van der Waals surface area contributed by atoms with Crippen molar-refractivity contribution in [1.82, 2.24) is 10.6 Å². The number of piperidine rings is 1. The second-order valence-corrected chi connectivity index (χ2v) is 5.97. The van der Waals surface area contributed by atoms with Gasteiger partial charge in [-0.15, -0.1) is 0 Å². The van der Waals surface area contributed by atoms with Gasteiger partial charge in [-0.05, 0) is 62.7 Å². The van der Waals surface area contributed by atoms with Crippen LogP contribution in [0, 0.1) is 5.82 Å². The highest BCUT2D eigenvalue weighted by atomic mass is 19.1. The number of ether oxygens (including phenoxy) is 1. The molecule has 2 atom stereocenters. The normalized spacial score (nSPS) is 20.6. The van der Waals surface area contributed by atoms with Gasteiger partial charge in [0.25, 0.3) is 5.91 Å². The van der Waals surface area contributed by atoms with Crippen LogP contribution in [0.1, 0.15) is 36.1 Å². The molecule has 1 amide bonds. The van der Waals surface area contributed by atoms with Gasteiger partial charge in [-0.25, -0.2) is 4.39 Å². The van der Waals surface area contributed by atoms with E-state index in [2.05, 4.69) is 17.6 Å². The monoisotopic (exact) mass is 332 g/mol. The van der Waals surface area contributed by atoms with E-state index in [1.54, 1.807) is 24.3 Å². The minimum absolute atomic E-state index is 0.107. The molecule has 128 valence electrons. The molecular weight excluding hydrogens is 311 g/mol. The first kappa shape index (κ1) is 16.5. The van der Waals surface area contributed by atoms with Crippen LogP contribution >= 0.6 is 0 Å². The van der Waals surface area contributed by atoms with E-state index in [-0.39, 0.29) is 36.2 Å². The lowest BCUT2D eigenvalue weighted by Crippen LogP contribution is -2.51. The summed E-state index contributed by atoms with van der Waals surface area (Å²) in [5, 5.41) is 6.35. The van der Waals surface area contributed by atoms with E-state index in [0.717, 1.165) is 19.4 Å². The molecule has 0 radical (unpaired) electrons. The van der Waals surface area contributed by atoms with Gasteiger partial charge in [0.2, 0.25) is 0 Å². The lowest BCUT2D eigenvalue weighted by Gasteiger charge is -2.30. The summed E-state index contributed by atoms with van der Waals surface area (Å²) < 4.78 is 23.9. The van der Waals surface area contributed by atoms with Gasteiger partial charge in [-0.2, -0.15) is 0 Å². The molecule has 2 N–H and O–H groups in total. The molecule has 1 aromatic carbocycles. The van der Waals surface area contributed by atoms with Crippen LogP contribution in [0.15, 0.2) is 40.8 Å². The maximum Gasteiger partial charge on any atom is 0.287 e. The van der Waals surface area contributed by atoms with Crippen molar-refractivity contribution in [1.29, 1.82) is 0 Å². The third kappa shape index (κ3) is 4.14. The predicted octanol–water partition coefficient (Wildman–Crippen LogP) is 2.87. The summed E-state index contributed by atoms with van der Waals surface area (Å²) in [6.45, 7) is 3.23. The number of carbonyl (C=O) groups excluding carboxylic acids is 1. The fourth-order valence-corrected chi connectivity index (χ4v) is 2.74. The maximum atomic E-state index is 12.8. The Kier molecular flexibility index (Phi) is 5.15. The minimum atomic E-state index is -0.314. The molecule has 1 aliphatic rings. The van der Waals surface area contributed by atoms with Crippen molar-refractivity contribution in [3.05, 3.63) is 53.7 Å². The van der Waals surface area contributed by atoms with Gasteiger partial charge in [-0.1, -0.05) is 0 Å². The van der Waals surface area contributed by atoms with Crippen LogP contribution in [0.5, 0.6) is 5.75 Å². The van der Waals surface area contributed by atoms with Crippen LogP contribution in [-0.2, 0) is 6.61 Å². The number of amides is 1. The van der Waals surface area contributed by atoms with Crippen LogP contribution < -0.4 is 15.4 Å². The Hall–Kier alpha value is -2.34. The topological polar surface area (TPSA) is 63.5 Å². The molecule has 1 fully saturated rings. The highest BCUT2D eigenvalue weighted by Gasteiger charge is 2.24. The zero-order valence-corrected chi connectivity index (χ0v) is 13.5. The molecule has 1 saturated heterocycles. The zero-order chi connectivity index (χ0) is 16.9. The average Bonchev–Trinajstić information content (AvgIpc) is 3.06. The molecule has 1 aromatic heterocycles.